The molecule has 0 unspecified atom stereocenters. The highest BCUT2D eigenvalue weighted by molar-refractivity contribution is 5.85. The van der Waals surface area contributed by atoms with Crippen molar-refractivity contribution in [1.29, 1.82) is 0 Å². The quantitative estimate of drug-likeness (QED) is 0.843. The Balaban J connectivity index is 0.00000147. The molecule has 1 N–H and O–H groups in total. The Kier molecular flexibility index (Phi) is 4.35. The maximum atomic E-state index is 13.9. The molecule has 106 valence electrons. The van der Waals surface area contributed by atoms with Crippen LogP contribution < -0.4 is 5.32 Å². The lowest BCUT2D eigenvalue weighted by Gasteiger charge is -2.21. The fourth-order valence-electron chi connectivity index (χ4n) is 2.55. The number of hydrogen-bond donors (Lipinski definition) is 1. The van der Waals surface area contributed by atoms with Crippen molar-refractivity contribution in [1.82, 2.24) is 5.32 Å². The molecule has 0 saturated carbocycles. The van der Waals surface area contributed by atoms with E-state index < -0.39 is 17.5 Å². The summed E-state index contributed by atoms with van der Waals surface area (Å²) in [5.74, 6) is -2.63. The number of hydrogen-bond acceptors (Lipinski definition) is 1. The zero-order chi connectivity index (χ0) is 13.4. The van der Waals surface area contributed by atoms with E-state index in [0.717, 1.165) is 24.1 Å². The van der Waals surface area contributed by atoms with Crippen LogP contribution in [0, 0.1) is 17.5 Å². The fraction of sp³-hybridized carbons (Fsp3) is 0.200. The number of halogens is 4. The van der Waals surface area contributed by atoms with Crippen LogP contribution in [0.4, 0.5) is 13.2 Å². The van der Waals surface area contributed by atoms with Crippen molar-refractivity contribution >= 4 is 12.4 Å². The Morgan fingerprint density at radius 3 is 2.40 bits per heavy atom. The summed E-state index contributed by atoms with van der Waals surface area (Å²) in [4.78, 5) is 0. The molecule has 1 nitrogen and oxygen atoms in total. The van der Waals surface area contributed by atoms with Gasteiger partial charge in [-0.15, -0.1) is 12.4 Å². The van der Waals surface area contributed by atoms with Gasteiger partial charge in [0.1, 0.15) is 17.5 Å². The lowest BCUT2D eigenvalue weighted by Crippen LogP contribution is -2.24. The van der Waals surface area contributed by atoms with Crippen molar-refractivity contribution in [2.45, 2.75) is 13.0 Å². The van der Waals surface area contributed by atoms with Gasteiger partial charge in [0.15, 0.2) is 0 Å². The molecule has 0 radical (unpaired) electrons. The third kappa shape index (κ3) is 2.53. The first-order valence-corrected chi connectivity index (χ1v) is 6.13. The molecule has 0 spiro atoms. The Bertz CT molecular complexity index is 620. The molecule has 2 aromatic carbocycles. The third-order valence-corrected chi connectivity index (χ3v) is 3.42. The van der Waals surface area contributed by atoms with Crippen LogP contribution in [-0.4, -0.2) is 6.54 Å². The summed E-state index contributed by atoms with van der Waals surface area (Å²) in [7, 11) is 0. The van der Waals surface area contributed by atoms with E-state index in [-0.39, 0.29) is 18.0 Å². The average molecular weight is 300 g/mol. The summed E-state index contributed by atoms with van der Waals surface area (Å²) in [5, 5.41) is 3.18. The first-order chi connectivity index (χ1) is 9.16. The molecule has 0 amide bonds. The summed E-state index contributed by atoms with van der Waals surface area (Å²) in [6.45, 7) is 1.42. The van der Waals surface area contributed by atoms with Crippen LogP contribution in [0.2, 0.25) is 0 Å². The van der Waals surface area contributed by atoms with E-state index in [9.17, 15) is 13.2 Å². The van der Waals surface area contributed by atoms with Crippen molar-refractivity contribution in [2.24, 2.45) is 0 Å². The van der Waals surface area contributed by atoms with Crippen LogP contribution in [0.15, 0.2) is 30.3 Å². The lowest BCUT2D eigenvalue weighted by atomic mass is 9.91. The van der Waals surface area contributed by atoms with Crippen molar-refractivity contribution < 1.29 is 13.2 Å². The monoisotopic (exact) mass is 299 g/mol. The highest BCUT2D eigenvalue weighted by Crippen LogP contribution is 2.32. The molecular weight excluding hydrogens is 287 g/mol. The van der Waals surface area contributed by atoms with E-state index in [2.05, 4.69) is 5.32 Å². The second-order valence-corrected chi connectivity index (χ2v) is 4.61. The van der Waals surface area contributed by atoms with Crippen molar-refractivity contribution in [2.75, 3.05) is 6.54 Å². The third-order valence-electron chi connectivity index (χ3n) is 3.42. The van der Waals surface area contributed by atoms with E-state index in [1.54, 1.807) is 12.1 Å². The van der Waals surface area contributed by atoms with Crippen LogP contribution in [-0.2, 0) is 13.0 Å². The molecule has 3 rings (SSSR count). The van der Waals surface area contributed by atoms with Crippen molar-refractivity contribution in [3.05, 3.63) is 58.9 Å². The fourth-order valence-corrected chi connectivity index (χ4v) is 2.55. The molecule has 1 aliphatic heterocycles. The SMILES string of the molecule is Cl.Fc1cc(F)c(-c2cccc3c2CNCC3)c(F)c1. The average Bonchev–Trinajstić information content (AvgIpc) is 2.38. The van der Waals surface area contributed by atoms with Gasteiger partial charge in [-0.05, 0) is 29.7 Å². The van der Waals surface area contributed by atoms with Gasteiger partial charge in [0.05, 0.1) is 5.56 Å². The van der Waals surface area contributed by atoms with Crippen LogP contribution >= 0.6 is 12.4 Å². The van der Waals surface area contributed by atoms with Gasteiger partial charge in [0.25, 0.3) is 0 Å². The van der Waals surface area contributed by atoms with Gasteiger partial charge in [-0.25, -0.2) is 13.2 Å². The predicted octanol–water partition coefficient (Wildman–Crippen LogP) is 3.84. The normalized spacial score (nSPS) is 13.6. The van der Waals surface area contributed by atoms with Gasteiger partial charge in [-0.3, -0.25) is 0 Å². The van der Waals surface area contributed by atoms with Gasteiger partial charge < -0.3 is 5.32 Å². The van der Waals surface area contributed by atoms with Gasteiger partial charge in [-0.2, -0.15) is 0 Å². The van der Waals surface area contributed by atoms with Gasteiger partial charge in [0, 0.05) is 18.7 Å². The number of nitrogens with one attached hydrogen (secondary N) is 1. The Morgan fingerprint density at radius 1 is 1.00 bits per heavy atom. The minimum Gasteiger partial charge on any atom is -0.312 e. The van der Waals surface area contributed by atoms with Crippen LogP contribution in [0.3, 0.4) is 0 Å². The maximum absolute atomic E-state index is 13.9. The number of rotatable bonds is 1. The highest BCUT2D eigenvalue weighted by atomic mass is 35.5. The highest BCUT2D eigenvalue weighted by Gasteiger charge is 2.19. The minimum absolute atomic E-state index is 0. The molecule has 0 saturated heterocycles. The predicted molar refractivity (Wildman–Crippen MR) is 74.4 cm³/mol. The first kappa shape index (κ1) is 14.9. The molecule has 2 aromatic rings. The van der Waals surface area contributed by atoms with Crippen molar-refractivity contribution in [3.8, 4) is 11.1 Å². The molecule has 0 aliphatic carbocycles. The van der Waals surface area contributed by atoms with Gasteiger partial charge in [0.2, 0.25) is 0 Å². The number of fused-ring (bicyclic) bond motifs is 1. The first-order valence-electron chi connectivity index (χ1n) is 6.13. The molecule has 1 aliphatic rings. The van der Waals surface area contributed by atoms with Crippen LogP contribution in [0.5, 0.6) is 0 Å². The standard InChI is InChI=1S/C15H12F3N.ClH/c16-10-6-13(17)15(14(18)7-10)11-3-1-2-9-4-5-19-8-12(9)11;/h1-3,6-7,19H,4-5,8H2;1H. The summed E-state index contributed by atoms with van der Waals surface area (Å²) in [5.41, 5.74) is 2.32. The Hall–Kier alpha value is -1.52. The van der Waals surface area contributed by atoms with E-state index in [0.29, 0.717) is 24.2 Å². The summed E-state index contributed by atoms with van der Waals surface area (Å²) < 4.78 is 40.7. The molecule has 5 heteroatoms. The Morgan fingerprint density at radius 2 is 1.70 bits per heavy atom. The lowest BCUT2D eigenvalue weighted by molar-refractivity contribution is 0.547. The second-order valence-electron chi connectivity index (χ2n) is 4.61. The summed E-state index contributed by atoms with van der Waals surface area (Å²) in [6, 6.07) is 6.84. The van der Waals surface area contributed by atoms with Crippen molar-refractivity contribution in [3.63, 3.8) is 0 Å². The molecule has 0 fully saturated rings. The minimum atomic E-state index is -0.901. The molecule has 0 aromatic heterocycles. The van der Waals surface area contributed by atoms with E-state index in [1.165, 1.54) is 0 Å². The molecule has 20 heavy (non-hydrogen) atoms. The second kappa shape index (κ2) is 5.85. The largest absolute Gasteiger partial charge is 0.312 e. The van der Waals surface area contributed by atoms with E-state index in [1.807, 2.05) is 6.07 Å². The zero-order valence-electron chi connectivity index (χ0n) is 10.6. The summed E-state index contributed by atoms with van der Waals surface area (Å²) >= 11 is 0. The van der Waals surface area contributed by atoms with E-state index in [4.69, 9.17) is 0 Å². The van der Waals surface area contributed by atoms with E-state index >= 15 is 0 Å². The molecule has 1 heterocycles. The molecular formula is C15H13ClF3N. The zero-order valence-corrected chi connectivity index (χ0v) is 11.4. The Labute approximate surface area is 121 Å². The summed E-state index contributed by atoms with van der Waals surface area (Å²) in [6.07, 6.45) is 0.827. The maximum Gasteiger partial charge on any atom is 0.136 e. The number of benzene rings is 2. The van der Waals surface area contributed by atoms with Gasteiger partial charge in [-0.1, -0.05) is 18.2 Å². The molecule has 0 atom stereocenters. The van der Waals surface area contributed by atoms with Gasteiger partial charge >= 0.3 is 0 Å². The van der Waals surface area contributed by atoms with Crippen LogP contribution in [0.25, 0.3) is 11.1 Å². The van der Waals surface area contributed by atoms with Crippen LogP contribution in [0.1, 0.15) is 11.1 Å². The smallest absolute Gasteiger partial charge is 0.136 e. The molecule has 0 bridgehead atoms. The topological polar surface area (TPSA) is 12.0 Å².